The van der Waals surface area contributed by atoms with Crippen molar-refractivity contribution in [1.82, 2.24) is 5.32 Å². The van der Waals surface area contributed by atoms with Gasteiger partial charge in [-0.25, -0.2) is 9.59 Å². The number of halogens is 3. The Morgan fingerprint density at radius 3 is 2.40 bits per heavy atom. The lowest BCUT2D eigenvalue weighted by molar-refractivity contribution is 0.0926. The Bertz CT molecular complexity index is 814. The normalized spacial score (nSPS) is 10.1. The van der Waals surface area contributed by atoms with Crippen LogP contribution in [-0.2, 0) is 4.84 Å². The third-order valence-electron chi connectivity index (χ3n) is 3.05. The van der Waals surface area contributed by atoms with E-state index in [1.54, 1.807) is 19.1 Å². The molecule has 0 unspecified atom stereocenters. The van der Waals surface area contributed by atoms with Gasteiger partial charge in [0, 0.05) is 12.1 Å². The quantitative estimate of drug-likeness (QED) is 0.423. The lowest BCUT2D eigenvalue weighted by Crippen LogP contribution is -2.40. The Kier molecular flexibility index (Phi) is 6.36. The SMILES string of the molecule is CNC(=O)N(OC(=O)Oc1cc(Cl)ccc1C)c1ccc(Cl)c(Cl)c1. The van der Waals surface area contributed by atoms with E-state index in [1.165, 1.54) is 31.3 Å². The van der Waals surface area contributed by atoms with E-state index in [4.69, 9.17) is 44.4 Å². The van der Waals surface area contributed by atoms with Crippen molar-refractivity contribution in [1.29, 1.82) is 0 Å². The Morgan fingerprint density at radius 1 is 1.04 bits per heavy atom. The third-order valence-corrected chi connectivity index (χ3v) is 4.02. The minimum atomic E-state index is -1.12. The maximum Gasteiger partial charge on any atom is 0.539 e. The Hall–Kier alpha value is -2.15. The van der Waals surface area contributed by atoms with Gasteiger partial charge in [0.25, 0.3) is 0 Å². The first-order valence-corrected chi connectivity index (χ1v) is 8.08. The lowest BCUT2D eigenvalue weighted by atomic mass is 10.2. The molecule has 2 aromatic rings. The van der Waals surface area contributed by atoms with Crippen LogP contribution in [0.25, 0.3) is 0 Å². The number of rotatable bonds is 2. The summed E-state index contributed by atoms with van der Waals surface area (Å²) in [5.41, 5.74) is 0.857. The number of carbonyl (C=O) groups is 2. The molecule has 0 saturated carbocycles. The highest BCUT2D eigenvalue weighted by Gasteiger charge is 2.22. The molecule has 0 heterocycles. The molecule has 0 fully saturated rings. The van der Waals surface area contributed by atoms with Crippen LogP contribution in [0.4, 0.5) is 15.3 Å². The molecule has 0 aromatic heterocycles. The molecule has 25 heavy (non-hydrogen) atoms. The number of anilines is 1. The van der Waals surface area contributed by atoms with Gasteiger partial charge in [-0.05, 0) is 42.8 Å². The van der Waals surface area contributed by atoms with Crippen molar-refractivity contribution in [3.05, 3.63) is 57.0 Å². The van der Waals surface area contributed by atoms with E-state index in [1.807, 2.05) is 0 Å². The van der Waals surface area contributed by atoms with Crippen molar-refractivity contribution in [3.8, 4) is 5.75 Å². The van der Waals surface area contributed by atoms with E-state index < -0.39 is 12.2 Å². The molecule has 0 radical (unpaired) electrons. The summed E-state index contributed by atoms with van der Waals surface area (Å²) in [6.07, 6.45) is -1.12. The molecule has 2 rings (SSSR count). The Balaban J connectivity index is 2.21. The van der Waals surface area contributed by atoms with Crippen LogP contribution < -0.4 is 15.1 Å². The van der Waals surface area contributed by atoms with Crippen LogP contribution in [-0.4, -0.2) is 19.2 Å². The second kappa shape index (κ2) is 8.29. The predicted molar refractivity (Wildman–Crippen MR) is 96.7 cm³/mol. The van der Waals surface area contributed by atoms with E-state index in [0.29, 0.717) is 20.7 Å². The summed E-state index contributed by atoms with van der Waals surface area (Å²) in [5.74, 6) is 0.212. The molecule has 9 heteroatoms. The van der Waals surface area contributed by atoms with E-state index >= 15 is 0 Å². The number of nitrogens with one attached hydrogen (secondary N) is 1. The molecule has 0 aliphatic carbocycles. The first-order chi connectivity index (χ1) is 11.8. The molecule has 0 aliphatic rings. The van der Waals surface area contributed by atoms with Gasteiger partial charge in [0.1, 0.15) is 5.75 Å². The van der Waals surface area contributed by atoms with Gasteiger partial charge in [-0.2, -0.15) is 0 Å². The van der Waals surface area contributed by atoms with Crippen LogP contribution in [0.15, 0.2) is 36.4 Å². The fourth-order valence-electron chi connectivity index (χ4n) is 1.79. The largest absolute Gasteiger partial charge is 0.539 e. The summed E-state index contributed by atoms with van der Waals surface area (Å²) < 4.78 is 5.10. The number of ether oxygens (including phenoxy) is 1. The van der Waals surface area contributed by atoms with Crippen molar-refractivity contribution < 1.29 is 19.2 Å². The lowest BCUT2D eigenvalue weighted by Gasteiger charge is -2.20. The number of hydroxylamine groups is 1. The maximum atomic E-state index is 12.1. The molecule has 0 spiro atoms. The van der Waals surface area contributed by atoms with E-state index in [0.717, 1.165) is 0 Å². The smallest absolute Gasteiger partial charge is 0.393 e. The number of benzene rings is 2. The highest BCUT2D eigenvalue weighted by Crippen LogP contribution is 2.28. The molecule has 0 atom stereocenters. The summed E-state index contributed by atoms with van der Waals surface area (Å²) in [4.78, 5) is 29.1. The van der Waals surface area contributed by atoms with Crippen LogP contribution >= 0.6 is 34.8 Å². The van der Waals surface area contributed by atoms with Gasteiger partial charge in [-0.3, -0.25) is 4.84 Å². The van der Waals surface area contributed by atoms with E-state index in [-0.39, 0.29) is 16.5 Å². The standard InChI is InChI=1S/C16H13Cl3N2O4/c1-9-3-4-10(17)7-14(9)24-16(23)25-21(15(22)20-2)11-5-6-12(18)13(19)8-11/h3-8H,1-2H3,(H,20,22). The van der Waals surface area contributed by atoms with Gasteiger partial charge >= 0.3 is 12.2 Å². The number of carbonyl (C=O) groups excluding carboxylic acids is 2. The Morgan fingerprint density at radius 2 is 1.76 bits per heavy atom. The average Bonchev–Trinajstić information content (AvgIpc) is 2.58. The summed E-state index contributed by atoms with van der Waals surface area (Å²) in [6.45, 7) is 1.73. The summed E-state index contributed by atoms with van der Waals surface area (Å²) in [5, 5.41) is 3.91. The molecule has 0 bridgehead atoms. The molecule has 2 aromatic carbocycles. The van der Waals surface area contributed by atoms with Gasteiger partial charge in [-0.1, -0.05) is 40.9 Å². The van der Waals surface area contributed by atoms with Crippen LogP contribution in [0.5, 0.6) is 5.75 Å². The second-order valence-corrected chi connectivity index (χ2v) is 6.05. The van der Waals surface area contributed by atoms with Gasteiger partial charge in [0.2, 0.25) is 0 Å². The van der Waals surface area contributed by atoms with Crippen molar-refractivity contribution in [3.63, 3.8) is 0 Å². The highest BCUT2D eigenvalue weighted by molar-refractivity contribution is 6.42. The second-order valence-electron chi connectivity index (χ2n) is 4.80. The number of aryl methyl sites for hydroxylation is 1. The average molecular weight is 404 g/mol. The number of hydrogen-bond acceptors (Lipinski definition) is 4. The summed E-state index contributed by atoms with van der Waals surface area (Å²) >= 11 is 17.7. The van der Waals surface area contributed by atoms with Gasteiger partial charge < -0.3 is 10.1 Å². The van der Waals surface area contributed by atoms with Crippen molar-refractivity contribution in [2.24, 2.45) is 0 Å². The molecule has 2 amide bonds. The number of amides is 2. The first kappa shape index (κ1) is 19.2. The third kappa shape index (κ3) is 4.92. The number of urea groups is 1. The van der Waals surface area contributed by atoms with Crippen LogP contribution in [0.2, 0.25) is 15.1 Å². The topological polar surface area (TPSA) is 67.9 Å². The van der Waals surface area contributed by atoms with Crippen LogP contribution in [0, 0.1) is 6.92 Å². The van der Waals surface area contributed by atoms with Crippen molar-refractivity contribution >= 4 is 52.7 Å². The van der Waals surface area contributed by atoms with Crippen molar-refractivity contribution in [2.45, 2.75) is 6.92 Å². The molecular formula is C16H13Cl3N2O4. The minimum Gasteiger partial charge on any atom is -0.393 e. The zero-order chi connectivity index (χ0) is 18.6. The molecule has 1 N–H and O–H groups in total. The van der Waals surface area contributed by atoms with E-state index in [2.05, 4.69) is 5.32 Å². The molecule has 6 nitrogen and oxygen atoms in total. The van der Waals surface area contributed by atoms with Crippen LogP contribution in [0.3, 0.4) is 0 Å². The van der Waals surface area contributed by atoms with Crippen LogP contribution in [0.1, 0.15) is 5.56 Å². The predicted octanol–water partition coefficient (Wildman–Crippen LogP) is 5.23. The first-order valence-electron chi connectivity index (χ1n) is 6.94. The van der Waals surface area contributed by atoms with Gasteiger partial charge in [0.05, 0.1) is 15.7 Å². The summed E-state index contributed by atoms with van der Waals surface area (Å²) in [7, 11) is 1.38. The number of nitrogens with zero attached hydrogens (tertiary/aromatic N) is 1. The highest BCUT2D eigenvalue weighted by atomic mass is 35.5. The summed E-state index contributed by atoms with van der Waals surface area (Å²) in [6, 6.07) is 8.38. The molecule has 0 saturated heterocycles. The van der Waals surface area contributed by atoms with Crippen molar-refractivity contribution in [2.75, 3.05) is 12.1 Å². The fourth-order valence-corrected chi connectivity index (χ4v) is 2.25. The van der Waals surface area contributed by atoms with Gasteiger partial charge in [0.15, 0.2) is 0 Å². The maximum absolute atomic E-state index is 12.1. The molecule has 132 valence electrons. The monoisotopic (exact) mass is 402 g/mol. The molecular weight excluding hydrogens is 391 g/mol. The fraction of sp³-hybridized carbons (Fsp3) is 0.125. The van der Waals surface area contributed by atoms with E-state index in [9.17, 15) is 9.59 Å². The minimum absolute atomic E-state index is 0.188. The van der Waals surface area contributed by atoms with Gasteiger partial charge in [-0.15, -0.1) is 5.06 Å². The Labute approximate surface area is 159 Å². The zero-order valence-corrected chi connectivity index (χ0v) is 15.4. The zero-order valence-electron chi connectivity index (χ0n) is 13.2. The number of hydrogen-bond donors (Lipinski definition) is 1. The molecule has 0 aliphatic heterocycles.